The van der Waals surface area contributed by atoms with E-state index in [1.165, 1.54) is 29.2 Å². The van der Waals surface area contributed by atoms with Gasteiger partial charge in [-0.3, -0.25) is 9.89 Å². The Bertz CT molecular complexity index is 1480. The number of aryl methyl sites for hydroxylation is 1. The van der Waals surface area contributed by atoms with Gasteiger partial charge in [0, 0.05) is 35.5 Å². The number of aromatic amines is 1. The molecule has 0 aliphatic carbocycles. The summed E-state index contributed by atoms with van der Waals surface area (Å²) >= 11 is 12.9. The number of rotatable bonds is 8. The number of carbonyl (C=O) groups is 2. The standard InChI is InChI=1S/C28H26Cl2N4O4/c1-15(2)25-19(26(33-32-25)24-20(29)6-5-7-21(24)30)14-38-23-13-12-22(16(3)31-23)34(4)27(35)17-8-10-18(11-9-17)28(36)37/h5-13,15H,14H2,1-4H3,(H,32,33)(H,36,37). The predicted molar refractivity (Wildman–Crippen MR) is 148 cm³/mol. The SMILES string of the molecule is Cc1nc(OCc2c(-c3c(Cl)cccc3Cl)n[nH]c2C(C)C)ccc1N(C)C(=O)c1ccc(C(=O)O)cc1. The fourth-order valence-corrected chi connectivity index (χ4v) is 4.68. The number of pyridine rings is 1. The molecule has 8 nitrogen and oxygen atoms in total. The van der Waals surface area contributed by atoms with Crippen molar-refractivity contribution in [3.63, 3.8) is 0 Å². The number of nitrogens with one attached hydrogen (secondary N) is 1. The molecule has 2 N–H and O–H groups in total. The molecule has 0 aliphatic heterocycles. The van der Waals surface area contributed by atoms with Crippen LogP contribution in [0.25, 0.3) is 11.3 Å². The molecule has 0 spiro atoms. The summed E-state index contributed by atoms with van der Waals surface area (Å²) in [6.45, 7) is 6.06. The number of carboxylic acid groups (broad SMARTS) is 1. The van der Waals surface area contributed by atoms with Crippen molar-refractivity contribution in [1.29, 1.82) is 0 Å². The first kappa shape index (κ1) is 27.2. The maximum Gasteiger partial charge on any atom is 0.335 e. The van der Waals surface area contributed by atoms with Crippen LogP contribution in [-0.2, 0) is 6.61 Å². The fourth-order valence-electron chi connectivity index (χ4n) is 4.10. The van der Waals surface area contributed by atoms with E-state index in [0.29, 0.717) is 44.1 Å². The van der Waals surface area contributed by atoms with Crippen LogP contribution in [0.1, 0.15) is 57.4 Å². The molecular weight excluding hydrogens is 527 g/mol. The Kier molecular flexibility index (Phi) is 8.04. The summed E-state index contributed by atoms with van der Waals surface area (Å²) in [6, 6.07) is 14.5. The van der Waals surface area contributed by atoms with Crippen LogP contribution in [0.5, 0.6) is 5.88 Å². The van der Waals surface area contributed by atoms with Gasteiger partial charge in [0.1, 0.15) is 12.3 Å². The van der Waals surface area contributed by atoms with Crippen LogP contribution in [-0.4, -0.2) is 39.2 Å². The van der Waals surface area contributed by atoms with Crippen LogP contribution in [0.3, 0.4) is 0 Å². The molecule has 0 radical (unpaired) electrons. The zero-order valence-corrected chi connectivity index (χ0v) is 22.8. The third-order valence-electron chi connectivity index (χ3n) is 6.12. The van der Waals surface area contributed by atoms with E-state index < -0.39 is 5.97 Å². The quantitative estimate of drug-likeness (QED) is 0.250. The Hall–Kier alpha value is -3.88. The van der Waals surface area contributed by atoms with Gasteiger partial charge in [0.25, 0.3) is 5.91 Å². The minimum absolute atomic E-state index is 0.113. The van der Waals surface area contributed by atoms with Crippen LogP contribution in [0, 0.1) is 6.92 Å². The lowest BCUT2D eigenvalue weighted by Crippen LogP contribution is -2.27. The van der Waals surface area contributed by atoms with Gasteiger partial charge < -0.3 is 14.7 Å². The third-order valence-corrected chi connectivity index (χ3v) is 6.75. The van der Waals surface area contributed by atoms with E-state index in [1.54, 1.807) is 44.3 Å². The van der Waals surface area contributed by atoms with E-state index >= 15 is 0 Å². The normalized spacial score (nSPS) is 11.0. The highest BCUT2D eigenvalue weighted by molar-refractivity contribution is 6.39. The van der Waals surface area contributed by atoms with E-state index in [0.717, 1.165) is 11.3 Å². The number of anilines is 1. The van der Waals surface area contributed by atoms with E-state index in [1.807, 2.05) is 13.8 Å². The number of H-pyrrole nitrogens is 1. The van der Waals surface area contributed by atoms with Gasteiger partial charge in [0.2, 0.25) is 5.88 Å². The summed E-state index contributed by atoms with van der Waals surface area (Å²) in [5, 5.41) is 17.6. The number of aromatic nitrogens is 3. The van der Waals surface area contributed by atoms with Crippen LogP contribution in [0.4, 0.5) is 5.69 Å². The number of ether oxygens (including phenoxy) is 1. The molecular formula is C28H26Cl2N4O4. The second kappa shape index (κ2) is 11.2. The van der Waals surface area contributed by atoms with Crippen molar-refractivity contribution in [2.75, 3.05) is 11.9 Å². The summed E-state index contributed by atoms with van der Waals surface area (Å²) < 4.78 is 6.06. The fraction of sp³-hybridized carbons (Fsp3) is 0.214. The zero-order valence-electron chi connectivity index (χ0n) is 21.3. The highest BCUT2D eigenvalue weighted by Crippen LogP contribution is 2.38. The molecule has 2 heterocycles. The van der Waals surface area contributed by atoms with Gasteiger partial charge >= 0.3 is 5.97 Å². The lowest BCUT2D eigenvalue weighted by molar-refractivity contribution is 0.0696. The molecule has 0 saturated heterocycles. The molecule has 0 bridgehead atoms. The molecule has 1 amide bonds. The second-order valence-electron chi connectivity index (χ2n) is 9.01. The number of carbonyl (C=O) groups excluding carboxylic acids is 1. The van der Waals surface area contributed by atoms with Gasteiger partial charge in [-0.25, -0.2) is 9.78 Å². The number of benzene rings is 2. The third kappa shape index (κ3) is 5.51. The second-order valence-corrected chi connectivity index (χ2v) is 9.82. The average Bonchev–Trinajstić information content (AvgIpc) is 3.30. The molecule has 2 aromatic heterocycles. The molecule has 196 valence electrons. The average molecular weight is 553 g/mol. The lowest BCUT2D eigenvalue weighted by Gasteiger charge is -2.20. The maximum absolute atomic E-state index is 13.0. The van der Waals surface area contributed by atoms with E-state index in [9.17, 15) is 9.59 Å². The molecule has 10 heteroatoms. The van der Waals surface area contributed by atoms with Crippen molar-refractivity contribution >= 4 is 40.8 Å². The molecule has 2 aromatic carbocycles. The summed E-state index contributed by atoms with van der Waals surface area (Å²) in [4.78, 5) is 30.1. The van der Waals surface area contributed by atoms with Crippen molar-refractivity contribution < 1.29 is 19.4 Å². The maximum atomic E-state index is 13.0. The molecule has 0 saturated carbocycles. The van der Waals surface area contributed by atoms with Crippen LogP contribution >= 0.6 is 23.2 Å². The van der Waals surface area contributed by atoms with Crippen molar-refractivity contribution in [3.8, 4) is 17.1 Å². The first-order valence-corrected chi connectivity index (χ1v) is 12.6. The summed E-state index contributed by atoms with van der Waals surface area (Å²) in [5.74, 6) is -0.810. The van der Waals surface area contributed by atoms with Crippen molar-refractivity contribution in [2.24, 2.45) is 0 Å². The molecule has 4 aromatic rings. The Morgan fingerprint density at radius 2 is 1.66 bits per heavy atom. The van der Waals surface area contributed by atoms with Gasteiger partial charge in [0.05, 0.1) is 27.0 Å². The number of halogens is 2. The summed E-state index contributed by atoms with van der Waals surface area (Å²) in [6.07, 6.45) is 0. The first-order valence-electron chi connectivity index (χ1n) is 11.8. The number of nitrogens with zero attached hydrogens (tertiary/aromatic N) is 3. The van der Waals surface area contributed by atoms with E-state index in [-0.39, 0.29) is 24.0 Å². The number of aromatic carboxylic acids is 1. The first-order chi connectivity index (χ1) is 18.1. The van der Waals surface area contributed by atoms with Gasteiger partial charge in [-0.2, -0.15) is 5.10 Å². The summed E-state index contributed by atoms with van der Waals surface area (Å²) in [7, 11) is 1.64. The molecule has 0 aliphatic rings. The Morgan fingerprint density at radius 3 is 2.24 bits per heavy atom. The highest BCUT2D eigenvalue weighted by atomic mass is 35.5. The number of carboxylic acids is 1. The molecule has 0 atom stereocenters. The topological polar surface area (TPSA) is 108 Å². The minimum Gasteiger partial charge on any atom is -0.478 e. The Labute approximate surface area is 230 Å². The highest BCUT2D eigenvalue weighted by Gasteiger charge is 2.22. The predicted octanol–water partition coefficient (Wildman–Crippen LogP) is 6.76. The largest absolute Gasteiger partial charge is 0.478 e. The van der Waals surface area contributed by atoms with Crippen molar-refractivity contribution in [1.82, 2.24) is 15.2 Å². The van der Waals surface area contributed by atoms with Crippen molar-refractivity contribution in [2.45, 2.75) is 33.3 Å². The number of amides is 1. The molecule has 38 heavy (non-hydrogen) atoms. The molecule has 0 unspecified atom stereocenters. The summed E-state index contributed by atoms with van der Waals surface area (Å²) in [5.41, 5.74) is 4.65. The zero-order chi connectivity index (χ0) is 27.6. The Balaban J connectivity index is 1.55. The van der Waals surface area contributed by atoms with Crippen molar-refractivity contribution in [3.05, 3.63) is 92.7 Å². The lowest BCUT2D eigenvalue weighted by atomic mass is 10.0. The van der Waals surface area contributed by atoms with Gasteiger partial charge in [-0.15, -0.1) is 0 Å². The monoisotopic (exact) mass is 552 g/mol. The van der Waals surface area contributed by atoms with E-state index in [4.69, 9.17) is 33.0 Å². The minimum atomic E-state index is -1.05. The number of hydrogen-bond donors (Lipinski definition) is 2. The van der Waals surface area contributed by atoms with Gasteiger partial charge in [-0.05, 0) is 55.3 Å². The van der Waals surface area contributed by atoms with Crippen LogP contribution in [0.2, 0.25) is 10.0 Å². The van der Waals surface area contributed by atoms with Crippen LogP contribution in [0.15, 0.2) is 54.6 Å². The smallest absolute Gasteiger partial charge is 0.335 e. The van der Waals surface area contributed by atoms with Gasteiger partial charge in [0.15, 0.2) is 0 Å². The number of hydrogen-bond acceptors (Lipinski definition) is 5. The van der Waals surface area contributed by atoms with Gasteiger partial charge in [-0.1, -0.05) is 43.1 Å². The molecule has 0 fully saturated rings. The Morgan fingerprint density at radius 1 is 1.03 bits per heavy atom. The molecule has 4 rings (SSSR count). The van der Waals surface area contributed by atoms with Crippen LogP contribution < -0.4 is 9.64 Å². The van der Waals surface area contributed by atoms with E-state index in [2.05, 4.69) is 15.2 Å².